The standard InChI is InChI=1S/C20H18N2O2/c1-24-18-4-2-3-16(12-18)19(23)10-13-5-6-15-11-17(20(21)22)8-7-14(15)9-13/h2-9,11-12H,10H2,1H3,(H3,21,22)/p+1. The molecule has 0 aliphatic heterocycles. The second-order valence-corrected chi connectivity index (χ2v) is 5.68. The molecule has 4 heteroatoms. The molecule has 0 amide bonds. The molecule has 0 bridgehead atoms. The van der Waals surface area contributed by atoms with Crippen LogP contribution in [0, 0.1) is 0 Å². The van der Waals surface area contributed by atoms with Gasteiger partial charge in [0.1, 0.15) is 5.75 Å². The summed E-state index contributed by atoms with van der Waals surface area (Å²) in [7, 11) is 1.59. The SMILES string of the molecule is COc1cccc(C(=O)Cc2ccc3cc(C(N)=[NH2+])ccc3c2)c1. The number of carbonyl (C=O) groups is 1. The molecule has 4 nitrogen and oxygen atoms in total. The van der Waals surface area contributed by atoms with Gasteiger partial charge in [0.05, 0.1) is 12.7 Å². The maximum Gasteiger partial charge on any atom is 0.270 e. The minimum absolute atomic E-state index is 0.0596. The van der Waals surface area contributed by atoms with Crippen molar-refractivity contribution in [3.8, 4) is 5.75 Å². The second kappa shape index (κ2) is 6.54. The first-order valence-electron chi connectivity index (χ1n) is 7.65. The average Bonchev–Trinajstić information content (AvgIpc) is 2.61. The number of amidine groups is 1. The molecule has 0 saturated carbocycles. The number of nitrogens with two attached hydrogens (primary N) is 2. The lowest BCUT2D eigenvalue weighted by atomic mass is 9.99. The van der Waals surface area contributed by atoms with Crippen LogP contribution in [0.25, 0.3) is 10.8 Å². The monoisotopic (exact) mass is 319 g/mol. The molecular formula is C20H19N2O2+. The highest BCUT2D eigenvalue weighted by Gasteiger charge is 2.09. The van der Waals surface area contributed by atoms with Crippen molar-refractivity contribution in [1.82, 2.24) is 0 Å². The summed E-state index contributed by atoms with van der Waals surface area (Å²) in [6.45, 7) is 0. The van der Waals surface area contributed by atoms with Gasteiger partial charge in [0.2, 0.25) is 0 Å². The number of methoxy groups -OCH3 is 1. The maximum atomic E-state index is 12.5. The first-order chi connectivity index (χ1) is 11.6. The van der Waals surface area contributed by atoms with E-state index in [1.165, 1.54) is 0 Å². The Hall–Kier alpha value is -3.14. The topological polar surface area (TPSA) is 77.9 Å². The second-order valence-electron chi connectivity index (χ2n) is 5.68. The Kier molecular flexibility index (Phi) is 4.29. The summed E-state index contributed by atoms with van der Waals surface area (Å²) in [5.74, 6) is 1.04. The fourth-order valence-electron chi connectivity index (χ4n) is 2.67. The molecule has 3 aromatic rings. The summed E-state index contributed by atoms with van der Waals surface area (Å²) >= 11 is 0. The quantitative estimate of drug-likeness (QED) is 0.427. The molecule has 0 unspecified atom stereocenters. The molecule has 24 heavy (non-hydrogen) atoms. The zero-order valence-corrected chi connectivity index (χ0v) is 13.5. The van der Waals surface area contributed by atoms with Crippen LogP contribution >= 0.6 is 0 Å². The van der Waals surface area contributed by atoms with E-state index in [0.29, 0.717) is 23.6 Å². The van der Waals surface area contributed by atoms with Crippen molar-refractivity contribution in [3.05, 3.63) is 77.4 Å². The molecule has 0 aliphatic rings. The molecule has 4 N–H and O–H groups in total. The number of benzene rings is 3. The molecule has 0 spiro atoms. The van der Waals surface area contributed by atoms with E-state index in [1.807, 2.05) is 48.5 Å². The van der Waals surface area contributed by atoms with E-state index < -0.39 is 0 Å². The number of hydrogen-bond donors (Lipinski definition) is 2. The van der Waals surface area contributed by atoms with Gasteiger partial charge in [-0.15, -0.1) is 0 Å². The summed E-state index contributed by atoms with van der Waals surface area (Å²) in [5, 5.41) is 7.72. The first kappa shape index (κ1) is 15.7. The minimum atomic E-state index is 0.0596. The molecule has 120 valence electrons. The van der Waals surface area contributed by atoms with E-state index in [9.17, 15) is 4.79 Å². The predicted octanol–water partition coefficient (Wildman–Crippen LogP) is 1.74. The van der Waals surface area contributed by atoms with E-state index in [2.05, 4.69) is 0 Å². The fourth-order valence-corrected chi connectivity index (χ4v) is 2.67. The summed E-state index contributed by atoms with van der Waals surface area (Å²) in [6.07, 6.45) is 0.343. The van der Waals surface area contributed by atoms with Crippen LogP contribution in [0.4, 0.5) is 0 Å². The van der Waals surface area contributed by atoms with Gasteiger partial charge in [0, 0.05) is 12.0 Å². The summed E-state index contributed by atoms with van der Waals surface area (Å²) < 4.78 is 5.17. The Morgan fingerprint density at radius 1 is 1.00 bits per heavy atom. The lowest BCUT2D eigenvalue weighted by molar-refractivity contribution is -0.114. The normalized spacial score (nSPS) is 10.5. The highest BCUT2D eigenvalue weighted by molar-refractivity contribution is 5.99. The van der Waals surface area contributed by atoms with E-state index in [4.69, 9.17) is 15.9 Å². The fraction of sp³-hybridized carbons (Fsp3) is 0.100. The van der Waals surface area contributed by atoms with Crippen LogP contribution < -0.4 is 15.9 Å². The molecule has 0 saturated heterocycles. The van der Waals surface area contributed by atoms with Crippen LogP contribution in [-0.4, -0.2) is 18.7 Å². The largest absolute Gasteiger partial charge is 0.497 e. The third-order valence-electron chi connectivity index (χ3n) is 3.99. The summed E-state index contributed by atoms with van der Waals surface area (Å²) in [6, 6.07) is 18.9. The van der Waals surface area contributed by atoms with Crippen molar-refractivity contribution in [1.29, 1.82) is 0 Å². The van der Waals surface area contributed by atoms with E-state index in [1.54, 1.807) is 19.2 Å². The molecule has 0 heterocycles. The molecule has 0 atom stereocenters. The third kappa shape index (κ3) is 3.27. The maximum absolute atomic E-state index is 12.5. The highest BCUT2D eigenvalue weighted by atomic mass is 16.5. The number of fused-ring (bicyclic) bond motifs is 1. The predicted molar refractivity (Wildman–Crippen MR) is 95.2 cm³/mol. The molecule has 3 rings (SSSR count). The summed E-state index contributed by atoms with van der Waals surface area (Å²) in [5.41, 5.74) is 8.05. The van der Waals surface area contributed by atoms with Gasteiger partial charge in [0.15, 0.2) is 5.78 Å². The number of ether oxygens (including phenoxy) is 1. The smallest absolute Gasteiger partial charge is 0.270 e. The van der Waals surface area contributed by atoms with E-state index in [-0.39, 0.29) is 5.78 Å². The van der Waals surface area contributed by atoms with Gasteiger partial charge in [-0.25, -0.2) is 0 Å². The first-order valence-corrected chi connectivity index (χ1v) is 7.65. The van der Waals surface area contributed by atoms with Crippen molar-refractivity contribution in [2.24, 2.45) is 5.73 Å². The Bertz CT molecular complexity index is 932. The Morgan fingerprint density at radius 2 is 1.75 bits per heavy atom. The van der Waals surface area contributed by atoms with Crippen LogP contribution in [-0.2, 0) is 6.42 Å². The summed E-state index contributed by atoms with van der Waals surface area (Å²) in [4.78, 5) is 12.5. The van der Waals surface area contributed by atoms with Crippen LogP contribution in [0.2, 0.25) is 0 Å². The van der Waals surface area contributed by atoms with Crippen LogP contribution in [0.15, 0.2) is 60.7 Å². The Labute approximate surface area is 140 Å². The van der Waals surface area contributed by atoms with Crippen molar-refractivity contribution in [2.45, 2.75) is 6.42 Å². The Balaban J connectivity index is 1.85. The van der Waals surface area contributed by atoms with Gasteiger partial charge in [-0.05, 0) is 40.6 Å². The molecular weight excluding hydrogens is 300 g/mol. The van der Waals surface area contributed by atoms with Crippen molar-refractivity contribution in [2.75, 3.05) is 7.11 Å². The van der Waals surface area contributed by atoms with Gasteiger partial charge < -0.3 is 4.74 Å². The highest BCUT2D eigenvalue weighted by Crippen LogP contribution is 2.20. The number of Topliss-reactive ketones (excluding diaryl/α,β-unsaturated/α-hetero) is 1. The van der Waals surface area contributed by atoms with Crippen LogP contribution in [0.3, 0.4) is 0 Å². The van der Waals surface area contributed by atoms with E-state index >= 15 is 0 Å². The lowest BCUT2D eigenvalue weighted by Crippen LogP contribution is -2.46. The van der Waals surface area contributed by atoms with Crippen LogP contribution in [0.5, 0.6) is 5.75 Å². The molecule has 0 radical (unpaired) electrons. The van der Waals surface area contributed by atoms with Gasteiger partial charge >= 0.3 is 0 Å². The lowest BCUT2D eigenvalue weighted by Gasteiger charge is -2.06. The minimum Gasteiger partial charge on any atom is -0.497 e. The van der Waals surface area contributed by atoms with Gasteiger partial charge in [-0.2, -0.15) is 0 Å². The number of rotatable bonds is 5. The molecule has 0 aliphatic carbocycles. The average molecular weight is 319 g/mol. The van der Waals surface area contributed by atoms with Crippen LogP contribution in [0.1, 0.15) is 21.5 Å². The van der Waals surface area contributed by atoms with Gasteiger partial charge in [-0.1, -0.05) is 36.4 Å². The van der Waals surface area contributed by atoms with Gasteiger partial charge in [0.25, 0.3) is 5.84 Å². The third-order valence-corrected chi connectivity index (χ3v) is 3.99. The van der Waals surface area contributed by atoms with Crippen molar-refractivity contribution < 1.29 is 14.9 Å². The molecule has 3 aromatic carbocycles. The Morgan fingerprint density at radius 3 is 2.50 bits per heavy atom. The van der Waals surface area contributed by atoms with Crippen molar-refractivity contribution in [3.63, 3.8) is 0 Å². The van der Waals surface area contributed by atoms with Gasteiger partial charge in [-0.3, -0.25) is 15.9 Å². The zero-order valence-electron chi connectivity index (χ0n) is 13.5. The van der Waals surface area contributed by atoms with Crippen molar-refractivity contribution >= 4 is 22.4 Å². The number of hydrogen-bond acceptors (Lipinski definition) is 2. The molecule has 0 fully saturated rings. The number of carbonyl (C=O) groups excluding carboxylic acids is 1. The molecule has 0 aromatic heterocycles. The van der Waals surface area contributed by atoms with E-state index in [0.717, 1.165) is 21.9 Å². The number of ketones is 1. The zero-order chi connectivity index (χ0) is 17.1.